The summed E-state index contributed by atoms with van der Waals surface area (Å²) in [5, 5.41) is 12.5. The van der Waals surface area contributed by atoms with E-state index in [0.717, 1.165) is 19.5 Å². The number of aliphatic hydroxyl groups is 1. The quantitative estimate of drug-likeness (QED) is 0.812. The highest BCUT2D eigenvalue weighted by molar-refractivity contribution is 5.27. The van der Waals surface area contributed by atoms with Gasteiger partial charge in [-0.3, -0.25) is 0 Å². The number of benzene rings is 1. The highest BCUT2D eigenvalue weighted by Crippen LogP contribution is 2.22. The molecular weight excluding hydrogens is 222 g/mol. The minimum atomic E-state index is 0.218. The Hall–Kier alpha value is -0.860. The van der Waals surface area contributed by atoms with Crippen LogP contribution in [0.15, 0.2) is 24.3 Å². The Labute approximate surface area is 111 Å². The Bertz CT molecular complexity index is 333. The molecule has 1 aromatic carbocycles. The predicted molar refractivity (Wildman–Crippen MR) is 77.7 cm³/mol. The lowest BCUT2D eigenvalue weighted by molar-refractivity contribution is 0.218. The van der Waals surface area contributed by atoms with Crippen molar-refractivity contribution in [1.29, 1.82) is 0 Å². The largest absolute Gasteiger partial charge is 0.396 e. The second-order valence-electron chi connectivity index (χ2n) is 6.03. The van der Waals surface area contributed by atoms with Crippen molar-refractivity contribution in [1.82, 2.24) is 5.32 Å². The van der Waals surface area contributed by atoms with E-state index in [4.69, 9.17) is 5.11 Å². The van der Waals surface area contributed by atoms with E-state index >= 15 is 0 Å². The average molecular weight is 249 g/mol. The first kappa shape index (κ1) is 15.2. The van der Waals surface area contributed by atoms with Gasteiger partial charge in [-0.15, -0.1) is 0 Å². The van der Waals surface area contributed by atoms with Crippen LogP contribution in [0.3, 0.4) is 0 Å². The third-order valence-electron chi connectivity index (χ3n) is 3.42. The fourth-order valence-electron chi connectivity index (χ4n) is 1.88. The highest BCUT2D eigenvalue weighted by Gasteiger charge is 2.12. The molecule has 0 aliphatic heterocycles. The fraction of sp³-hybridized carbons (Fsp3) is 0.625. The van der Waals surface area contributed by atoms with Gasteiger partial charge in [0.1, 0.15) is 0 Å². The van der Waals surface area contributed by atoms with E-state index in [2.05, 4.69) is 57.3 Å². The Balaban J connectivity index is 2.45. The van der Waals surface area contributed by atoms with Crippen molar-refractivity contribution in [3.8, 4) is 0 Å². The van der Waals surface area contributed by atoms with Crippen LogP contribution in [0.4, 0.5) is 0 Å². The van der Waals surface area contributed by atoms with Gasteiger partial charge < -0.3 is 10.4 Å². The van der Waals surface area contributed by atoms with Crippen LogP contribution in [0, 0.1) is 5.92 Å². The molecule has 18 heavy (non-hydrogen) atoms. The van der Waals surface area contributed by atoms with E-state index in [1.54, 1.807) is 0 Å². The van der Waals surface area contributed by atoms with Crippen LogP contribution in [0.2, 0.25) is 0 Å². The Morgan fingerprint density at radius 3 is 2.22 bits per heavy atom. The summed E-state index contributed by atoms with van der Waals surface area (Å²) in [6.07, 6.45) is 1.02. The van der Waals surface area contributed by atoms with Crippen molar-refractivity contribution in [2.24, 2.45) is 5.92 Å². The van der Waals surface area contributed by atoms with Crippen molar-refractivity contribution in [3.05, 3.63) is 35.4 Å². The molecule has 0 radical (unpaired) electrons. The van der Waals surface area contributed by atoms with E-state index in [9.17, 15) is 0 Å². The first-order valence-corrected chi connectivity index (χ1v) is 6.88. The molecule has 0 saturated carbocycles. The summed E-state index contributed by atoms with van der Waals surface area (Å²) in [5.41, 5.74) is 2.89. The lowest BCUT2D eigenvalue weighted by Gasteiger charge is -2.19. The molecule has 2 N–H and O–H groups in total. The van der Waals surface area contributed by atoms with Crippen LogP contribution in [-0.2, 0) is 12.0 Å². The number of hydrogen-bond acceptors (Lipinski definition) is 2. The van der Waals surface area contributed by atoms with Crippen LogP contribution in [-0.4, -0.2) is 18.3 Å². The van der Waals surface area contributed by atoms with Crippen LogP contribution >= 0.6 is 0 Å². The minimum absolute atomic E-state index is 0.218. The maximum Gasteiger partial charge on any atom is 0.0471 e. The molecule has 0 aliphatic carbocycles. The Morgan fingerprint density at radius 1 is 1.17 bits per heavy atom. The molecule has 1 aromatic rings. The molecule has 0 spiro atoms. The van der Waals surface area contributed by atoms with Gasteiger partial charge >= 0.3 is 0 Å². The standard InChI is InChI=1S/C16H27NO/c1-5-13(12-18)10-17-11-14-6-8-15(9-7-14)16(2,3)4/h6-9,13,17-18H,5,10-12H2,1-4H3. The molecule has 0 bridgehead atoms. The second kappa shape index (κ2) is 6.91. The van der Waals surface area contributed by atoms with Crippen molar-refractivity contribution in [2.75, 3.05) is 13.2 Å². The topological polar surface area (TPSA) is 32.3 Å². The van der Waals surface area contributed by atoms with Gasteiger partial charge in [0.15, 0.2) is 0 Å². The molecule has 1 unspecified atom stereocenters. The molecule has 0 aliphatic rings. The fourth-order valence-corrected chi connectivity index (χ4v) is 1.88. The van der Waals surface area contributed by atoms with Crippen LogP contribution in [0.5, 0.6) is 0 Å². The summed E-state index contributed by atoms with van der Waals surface area (Å²) >= 11 is 0. The molecule has 102 valence electrons. The number of rotatable bonds is 6. The van der Waals surface area contributed by atoms with Crippen molar-refractivity contribution < 1.29 is 5.11 Å². The van der Waals surface area contributed by atoms with Crippen molar-refractivity contribution >= 4 is 0 Å². The SMILES string of the molecule is CCC(CO)CNCc1ccc(C(C)(C)C)cc1. The van der Waals surface area contributed by atoms with Crippen LogP contribution in [0.25, 0.3) is 0 Å². The van der Waals surface area contributed by atoms with Gasteiger partial charge in [-0.1, -0.05) is 52.0 Å². The normalized spacial score (nSPS) is 13.6. The summed E-state index contributed by atoms with van der Waals surface area (Å²) in [5.74, 6) is 0.374. The maximum absolute atomic E-state index is 9.11. The first-order chi connectivity index (χ1) is 8.47. The summed E-state index contributed by atoms with van der Waals surface area (Å²) in [4.78, 5) is 0. The molecule has 2 nitrogen and oxygen atoms in total. The molecule has 0 heterocycles. The van der Waals surface area contributed by atoms with E-state index in [-0.39, 0.29) is 12.0 Å². The smallest absolute Gasteiger partial charge is 0.0471 e. The Morgan fingerprint density at radius 2 is 1.78 bits per heavy atom. The Kier molecular flexibility index (Phi) is 5.83. The van der Waals surface area contributed by atoms with E-state index in [1.807, 2.05) is 0 Å². The lowest BCUT2D eigenvalue weighted by atomic mass is 9.87. The minimum Gasteiger partial charge on any atom is -0.396 e. The molecule has 0 fully saturated rings. The zero-order valence-electron chi connectivity index (χ0n) is 12.2. The molecule has 1 rings (SSSR count). The van der Waals surface area contributed by atoms with Gasteiger partial charge in [-0.25, -0.2) is 0 Å². The van der Waals surface area contributed by atoms with Crippen LogP contribution in [0.1, 0.15) is 45.2 Å². The van der Waals surface area contributed by atoms with Gasteiger partial charge in [0.05, 0.1) is 0 Å². The summed E-state index contributed by atoms with van der Waals surface area (Å²) in [6, 6.07) is 8.79. The van der Waals surface area contributed by atoms with E-state index in [0.29, 0.717) is 5.92 Å². The monoisotopic (exact) mass is 249 g/mol. The molecule has 0 saturated heterocycles. The van der Waals surface area contributed by atoms with Gasteiger partial charge in [0.2, 0.25) is 0 Å². The highest BCUT2D eigenvalue weighted by atomic mass is 16.3. The zero-order chi connectivity index (χ0) is 13.6. The summed E-state index contributed by atoms with van der Waals surface area (Å²) in [7, 11) is 0. The van der Waals surface area contributed by atoms with Crippen molar-refractivity contribution in [3.63, 3.8) is 0 Å². The molecular formula is C16H27NO. The molecule has 0 amide bonds. The zero-order valence-corrected chi connectivity index (χ0v) is 12.2. The average Bonchev–Trinajstić information content (AvgIpc) is 2.34. The van der Waals surface area contributed by atoms with Crippen LogP contribution < -0.4 is 5.32 Å². The third kappa shape index (κ3) is 4.79. The lowest BCUT2D eigenvalue weighted by Crippen LogP contribution is -2.24. The van der Waals surface area contributed by atoms with Gasteiger partial charge in [0.25, 0.3) is 0 Å². The number of hydrogen-bond donors (Lipinski definition) is 2. The van der Waals surface area contributed by atoms with E-state index in [1.165, 1.54) is 11.1 Å². The first-order valence-electron chi connectivity index (χ1n) is 6.88. The molecule has 0 aromatic heterocycles. The third-order valence-corrected chi connectivity index (χ3v) is 3.42. The molecule has 1 atom stereocenters. The predicted octanol–water partition coefficient (Wildman–Crippen LogP) is 3.09. The molecule has 2 heteroatoms. The van der Waals surface area contributed by atoms with Gasteiger partial charge in [-0.2, -0.15) is 0 Å². The summed E-state index contributed by atoms with van der Waals surface area (Å²) in [6.45, 7) is 10.8. The van der Waals surface area contributed by atoms with Crippen molar-refractivity contribution in [2.45, 2.75) is 46.1 Å². The number of aliphatic hydroxyl groups excluding tert-OH is 1. The summed E-state index contributed by atoms with van der Waals surface area (Å²) < 4.78 is 0. The maximum atomic E-state index is 9.11. The second-order valence-corrected chi connectivity index (χ2v) is 6.03. The van der Waals surface area contributed by atoms with Gasteiger partial charge in [-0.05, 0) is 28.9 Å². The van der Waals surface area contributed by atoms with Gasteiger partial charge in [0, 0.05) is 19.7 Å². The number of nitrogens with one attached hydrogen (secondary N) is 1. The van der Waals surface area contributed by atoms with E-state index < -0.39 is 0 Å².